The predicted molar refractivity (Wildman–Crippen MR) is 103 cm³/mol. The molecule has 0 unspecified atom stereocenters. The van der Waals surface area contributed by atoms with Gasteiger partial charge in [-0.2, -0.15) is 10.1 Å². The lowest BCUT2D eigenvalue weighted by molar-refractivity contribution is 0.0928. The highest BCUT2D eigenvalue weighted by atomic mass is 32.1. The van der Waals surface area contributed by atoms with Crippen molar-refractivity contribution in [3.63, 3.8) is 0 Å². The van der Waals surface area contributed by atoms with Gasteiger partial charge in [-0.25, -0.2) is 9.48 Å². The zero-order valence-electron chi connectivity index (χ0n) is 16.3. The van der Waals surface area contributed by atoms with Gasteiger partial charge in [-0.05, 0) is 25.7 Å². The van der Waals surface area contributed by atoms with Crippen LogP contribution in [0, 0.1) is 0 Å². The molecule has 1 aromatic heterocycles. The Hall–Kier alpha value is -1.21. The second kappa shape index (κ2) is 8.65. The standard InChI is InChI=1S/C19H32N4O2S/c1-19(2,3)16-22-23(13-15-11-8-12-25-15)18(26-16)21-17(24)20-14-9-6-4-5-7-10-14/h14-15H,4-13H2,1-3H3,(H,20,24)/t15-/m1/s1. The minimum absolute atomic E-state index is 0.0610. The third-order valence-electron chi connectivity index (χ3n) is 5.04. The van der Waals surface area contributed by atoms with Crippen molar-refractivity contribution in [2.45, 2.75) is 96.2 Å². The number of nitrogens with zero attached hydrogens (tertiary/aromatic N) is 3. The third-order valence-corrected chi connectivity index (χ3v) is 6.41. The summed E-state index contributed by atoms with van der Waals surface area (Å²) in [6.07, 6.45) is 9.37. The average molecular weight is 381 g/mol. The first-order valence-corrected chi connectivity index (χ1v) is 10.8. The van der Waals surface area contributed by atoms with E-state index in [1.165, 1.54) is 37.0 Å². The number of hydrogen-bond donors (Lipinski definition) is 1. The zero-order chi connectivity index (χ0) is 18.6. The molecule has 1 saturated carbocycles. The Labute approximate surface area is 160 Å². The lowest BCUT2D eigenvalue weighted by Gasteiger charge is -2.14. The molecule has 0 aromatic carbocycles. The molecule has 2 amide bonds. The molecule has 1 aliphatic carbocycles. The van der Waals surface area contributed by atoms with Crippen molar-refractivity contribution in [2.24, 2.45) is 4.99 Å². The van der Waals surface area contributed by atoms with E-state index in [4.69, 9.17) is 9.84 Å². The van der Waals surface area contributed by atoms with Crippen LogP contribution in [-0.2, 0) is 16.7 Å². The highest BCUT2D eigenvalue weighted by Crippen LogP contribution is 2.22. The van der Waals surface area contributed by atoms with Gasteiger partial charge in [0.1, 0.15) is 5.01 Å². The van der Waals surface area contributed by atoms with Crippen LogP contribution in [0.15, 0.2) is 4.99 Å². The summed E-state index contributed by atoms with van der Waals surface area (Å²) in [5, 5.41) is 8.84. The van der Waals surface area contributed by atoms with Crippen LogP contribution in [-0.4, -0.2) is 34.6 Å². The Morgan fingerprint density at radius 3 is 2.58 bits per heavy atom. The molecule has 2 fully saturated rings. The Morgan fingerprint density at radius 1 is 1.23 bits per heavy atom. The summed E-state index contributed by atoms with van der Waals surface area (Å²) in [6.45, 7) is 7.89. The van der Waals surface area contributed by atoms with Crippen LogP contribution in [0.25, 0.3) is 0 Å². The van der Waals surface area contributed by atoms with Gasteiger partial charge in [-0.15, -0.1) is 0 Å². The smallest absolute Gasteiger partial charge is 0.343 e. The topological polar surface area (TPSA) is 68.5 Å². The number of amides is 2. The molecule has 0 spiro atoms. The van der Waals surface area contributed by atoms with Crippen molar-refractivity contribution in [3.05, 3.63) is 9.81 Å². The van der Waals surface area contributed by atoms with Gasteiger partial charge < -0.3 is 10.1 Å². The molecule has 0 bridgehead atoms. The molecule has 146 valence electrons. The zero-order valence-corrected chi connectivity index (χ0v) is 17.1. The van der Waals surface area contributed by atoms with Crippen molar-refractivity contribution in [3.8, 4) is 0 Å². The van der Waals surface area contributed by atoms with E-state index in [0.717, 1.165) is 37.3 Å². The van der Waals surface area contributed by atoms with E-state index in [1.807, 2.05) is 4.68 Å². The third kappa shape index (κ3) is 5.39. The highest BCUT2D eigenvalue weighted by molar-refractivity contribution is 7.09. The van der Waals surface area contributed by atoms with Gasteiger partial charge in [0.15, 0.2) is 0 Å². The van der Waals surface area contributed by atoms with E-state index in [9.17, 15) is 4.79 Å². The number of rotatable bonds is 3. The Balaban J connectivity index is 1.77. The minimum Gasteiger partial charge on any atom is -0.376 e. The van der Waals surface area contributed by atoms with E-state index in [0.29, 0.717) is 11.3 Å². The van der Waals surface area contributed by atoms with Crippen LogP contribution in [0.5, 0.6) is 0 Å². The fourth-order valence-corrected chi connectivity index (χ4v) is 4.48. The van der Waals surface area contributed by atoms with Gasteiger partial charge >= 0.3 is 6.03 Å². The number of urea groups is 1. The van der Waals surface area contributed by atoms with Crippen LogP contribution >= 0.6 is 11.3 Å². The second-order valence-electron chi connectivity index (χ2n) is 8.51. The van der Waals surface area contributed by atoms with Crippen LogP contribution in [0.2, 0.25) is 0 Å². The first kappa shape index (κ1) is 19.5. The van der Waals surface area contributed by atoms with E-state index in [2.05, 4.69) is 31.1 Å². The maximum absolute atomic E-state index is 12.5. The van der Waals surface area contributed by atoms with Crippen LogP contribution < -0.4 is 10.1 Å². The minimum atomic E-state index is -0.234. The summed E-state index contributed by atoms with van der Waals surface area (Å²) in [6, 6.07) is 0.0254. The van der Waals surface area contributed by atoms with Crippen molar-refractivity contribution >= 4 is 17.4 Å². The molecular formula is C19H32N4O2S. The first-order chi connectivity index (χ1) is 12.4. The molecule has 1 N–H and O–H groups in total. The largest absolute Gasteiger partial charge is 0.376 e. The molecule has 1 aliphatic heterocycles. The van der Waals surface area contributed by atoms with Crippen molar-refractivity contribution in [2.75, 3.05) is 6.61 Å². The molecule has 6 nitrogen and oxygen atoms in total. The van der Waals surface area contributed by atoms with Crippen LogP contribution in [0.4, 0.5) is 4.79 Å². The molecule has 7 heteroatoms. The number of aromatic nitrogens is 2. The lowest BCUT2D eigenvalue weighted by Crippen LogP contribution is -2.34. The van der Waals surface area contributed by atoms with Crippen LogP contribution in [0.1, 0.15) is 77.1 Å². The van der Waals surface area contributed by atoms with Gasteiger partial charge in [-0.1, -0.05) is 57.8 Å². The summed E-state index contributed by atoms with van der Waals surface area (Å²) in [5.41, 5.74) is -0.0610. The number of carbonyl (C=O) groups excluding carboxylic acids is 1. The van der Waals surface area contributed by atoms with E-state index < -0.39 is 0 Å². The number of nitrogens with one attached hydrogen (secondary N) is 1. The summed E-state index contributed by atoms with van der Waals surface area (Å²) >= 11 is 1.51. The maximum atomic E-state index is 12.5. The van der Waals surface area contributed by atoms with Gasteiger partial charge in [0, 0.05) is 18.1 Å². The van der Waals surface area contributed by atoms with Crippen LogP contribution in [0.3, 0.4) is 0 Å². The molecule has 3 rings (SSSR count). The van der Waals surface area contributed by atoms with E-state index in [-0.39, 0.29) is 23.6 Å². The molecular weight excluding hydrogens is 348 g/mol. The van der Waals surface area contributed by atoms with Gasteiger partial charge in [0.25, 0.3) is 0 Å². The first-order valence-electron chi connectivity index (χ1n) is 9.97. The molecule has 1 saturated heterocycles. The lowest BCUT2D eigenvalue weighted by atomic mass is 9.98. The number of hydrogen-bond acceptors (Lipinski definition) is 4. The Kier molecular flexibility index (Phi) is 6.51. The quantitative estimate of drug-likeness (QED) is 0.812. The molecule has 1 aromatic rings. The number of ether oxygens (including phenoxy) is 1. The monoisotopic (exact) mass is 380 g/mol. The Morgan fingerprint density at radius 2 is 1.96 bits per heavy atom. The Bertz CT molecular complexity index is 660. The average Bonchev–Trinajstić information content (AvgIpc) is 3.14. The highest BCUT2D eigenvalue weighted by Gasteiger charge is 2.23. The summed E-state index contributed by atoms with van der Waals surface area (Å²) in [4.78, 5) is 17.5. The van der Waals surface area contributed by atoms with E-state index >= 15 is 0 Å². The maximum Gasteiger partial charge on any atom is 0.343 e. The fourth-order valence-electron chi connectivity index (χ4n) is 3.51. The van der Waals surface area contributed by atoms with Crippen molar-refractivity contribution in [1.29, 1.82) is 0 Å². The number of carbonyl (C=O) groups is 1. The molecule has 26 heavy (non-hydrogen) atoms. The van der Waals surface area contributed by atoms with Crippen molar-refractivity contribution in [1.82, 2.24) is 15.1 Å². The summed E-state index contributed by atoms with van der Waals surface area (Å²) < 4.78 is 7.62. The van der Waals surface area contributed by atoms with Gasteiger partial charge in [0.2, 0.25) is 4.80 Å². The normalized spacial score (nSPS) is 23.2. The summed E-state index contributed by atoms with van der Waals surface area (Å²) in [5.74, 6) is 0. The predicted octanol–water partition coefficient (Wildman–Crippen LogP) is 3.75. The van der Waals surface area contributed by atoms with Gasteiger partial charge in [-0.3, -0.25) is 0 Å². The van der Waals surface area contributed by atoms with Gasteiger partial charge in [0.05, 0.1) is 12.6 Å². The van der Waals surface area contributed by atoms with E-state index in [1.54, 1.807) is 0 Å². The molecule has 2 heterocycles. The molecule has 2 aliphatic rings. The molecule has 0 radical (unpaired) electrons. The fraction of sp³-hybridized carbons (Fsp3) is 0.842. The summed E-state index contributed by atoms with van der Waals surface area (Å²) in [7, 11) is 0. The molecule has 1 atom stereocenters. The SMILES string of the molecule is CC(C)(C)c1nn(C[C@H]2CCCO2)c(=NC(=O)NC2CCCCCC2)s1. The second-order valence-corrected chi connectivity index (χ2v) is 9.46. The van der Waals surface area contributed by atoms with Crippen molar-refractivity contribution < 1.29 is 9.53 Å².